The van der Waals surface area contributed by atoms with Crippen molar-refractivity contribution < 1.29 is 24.6 Å². The smallest absolute Gasteiger partial charge is 0.312 e. The van der Waals surface area contributed by atoms with Gasteiger partial charge in [-0.05, 0) is 19.4 Å². The average molecular weight is 349 g/mol. The summed E-state index contributed by atoms with van der Waals surface area (Å²) >= 11 is 0. The molecule has 0 saturated carbocycles. The van der Waals surface area contributed by atoms with Gasteiger partial charge >= 0.3 is 5.97 Å². The van der Waals surface area contributed by atoms with E-state index >= 15 is 0 Å². The second kappa shape index (κ2) is 7.85. The van der Waals surface area contributed by atoms with Crippen molar-refractivity contribution in [2.75, 3.05) is 13.7 Å². The molecule has 5 heteroatoms. The molecule has 2 heterocycles. The number of carbonyl (C=O) groups excluding carboxylic acids is 1. The highest BCUT2D eigenvalue weighted by Gasteiger charge is 2.53. The van der Waals surface area contributed by atoms with Gasteiger partial charge in [0.25, 0.3) is 0 Å². The summed E-state index contributed by atoms with van der Waals surface area (Å²) in [5.74, 6) is -1.03. The number of ether oxygens (including phenoxy) is 1. The second-order valence-corrected chi connectivity index (χ2v) is 7.86. The van der Waals surface area contributed by atoms with Crippen molar-refractivity contribution in [2.24, 2.45) is 0 Å². The Morgan fingerprint density at radius 2 is 1.76 bits per heavy atom. The van der Waals surface area contributed by atoms with Crippen LogP contribution in [0.15, 0.2) is 30.3 Å². The molecule has 0 amide bonds. The number of hydrogen-bond acceptors (Lipinski definition) is 3. The van der Waals surface area contributed by atoms with Crippen LogP contribution in [0.25, 0.3) is 0 Å². The van der Waals surface area contributed by atoms with Gasteiger partial charge in [0.05, 0.1) is 31.1 Å². The van der Waals surface area contributed by atoms with E-state index in [0.717, 1.165) is 22.9 Å². The summed E-state index contributed by atoms with van der Waals surface area (Å²) in [6, 6.07) is 11.0. The predicted octanol–water partition coefficient (Wildman–Crippen LogP) is 1.40. The molecule has 3 unspecified atom stereocenters. The van der Waals surface area contributed by atoms with Crippen LogP contribution in [0.5, 0.6) is 0 Å². The zero-order chi connectivity index (χ0) is 17.3. The number of benzene rings is 1. The molecule has 1 aromatic rings. The van der Waals surface area contributed by atoms with E-state index in [4.69, 9.17) is 4.74 Å². The molecular weight excluding hydrogens is 318 g/mol. The van der Waals surface area contributed by atoms with Gasteiger partial charge in [0.1, 0.15) is 6.10 Å². The topological polar surface area (TPSA) is 80.9 Å². The Hall–Kier alpha value is -1.43. The van der Waals surface area contributed by atoms with Crippen LogP contribution in [0.3, 0.4) is 0 Å². The minimum Gasteiger partial charge on any atom is -0.854 e. The third-order valence-electron chi connectivity index (χ3n) is 6.53. The summed E-state index contributed by atoms with van der Waals surface area (Å²) in [4.78, 5) is 12.5. The van der Waals surface area contributed by atoms with E-state index < -0.39 is 12.5 Å². The van der Waals surface area contributed by atoms with Crippen LogP contribution in [0.1, 0.15) is 51.0 Å². The molecule has 0 aromatic heterocycles. The third kappa shape index (κ3) is 3.59. The number of carbonyl (C=O) groups is 1. The Bertz CT molecular complexity index is 560. The lowest BCUT2D eigenvalue weighted by Crippen LogP contribution is -2.62. The molecule has 5 atom stereocenters. The van der Waals surface area contributed by atoms with Gasteiger partial charge in [-0.2, -0.15) is 0 Å². The minimum atomic E-state index is -0.684. The molecule has 2 aliphatic heterocycles. The number of piperidine rings is 1. The lowest BCUT2D eigenvalue weighted by molar-refractivity contribution is -0.968. The largest absolute Gasteiger partial charge is 0.854 e. The first kappa shape index (κ1) is 19.9. The summed E-state index contributed by atoms with van der Waals surface area (Å²) in [5.41, 5.74) is 0.763. The highest BCUT2D eigenvalue weighted by Crippen LogP contribution is 2.44. The third-order valence-corrected chi connectivity index (χ3v) is 6.53. The maximum absolute atomic E-state index is 12.5. The summed E-state index contributed by atoms with van der Waals surface area (Å²) in [6.07, 6.45) is 4.26. The quantitative estimate of drug-likeness (QED) is 0.595. The molecule has 140 valence electrons. The summed E-state index contributed by atoms with van der Waals surface area (Å²) in [6.45, 7) is 4.13. The molecule has 2 aliphatic rings. The monoisotopic (exact) mass is 349 g/mol. The first-order chi connectivity index (χ1) is 11.5. The van der Waals surface area contributed by atoms with Crippen LogP contribution in [-0.2, 0) is 9.53 Å². The molecule has 2 N–H and O–H groups in total. The summed E-state index contributed by atoms with van der Waals surface area (Å²) in [7, 11) is 2.36. The first-order valence-corrected chi connectivity index (χ1v) is 9.15. The van der Waals surface area contributed by atoms with Gasteiger partial charge in [0.2, 0.25) is 0 Å². The van der Waals surface area contributed by atoms with Crippen molar-refractivity contribution in [3.8, 4) is 0 Å². The summed E-state index contributed by atoms with van der Waals surface area (Å²) in [5, 5.41) is 11.5. The van der Waals surface area contributed by atoms with E-state index in [1.807, 2.05) is 30.3 Å². The molecule has 2 fully saturated rings. The SMILES string of the molecule is CC(C)[N+]1(C)[C@@H]2CC[C@H]1CC(OC(=O)C(C[O-])c1ccccc1)C2.O. The summed E-state index contributed by atoms with van der Waals surface area (Å²) < 4.78 is 6.91. The lowest BCUT2D eigenvalue weighted by atomic mass is 9.94. The second-order valence-electron chi connectivity index (χ2n) is 7.86. The van der Waals surface area contributed by atoms with Crippen LogP contribution in [0.4, 0.5) is 0 Å². The minimum absolute atomic E-state index is 0. The fourth-order valence-electron chi connectivity index (χ4n) is 4.80. The number of hydrogen-bond donors (Lipinski definition) is 0. The van der Waals surface area contributed by atoms with E-state index in [-0.39, 0.29) is 17.5 Å². The van der Waals surface area contributed by atoms with Gasteiger partial charge in [-0.3, -0.25) is 4.79 Å². The van der Waals surface area contributed by atoms with Crippen LogP contribution in [0.2, 0.25) is 0 Å². The van der Waals surface area contributed by atoms with Gasteiger partial charge in [0, 0.05) is 25.7 Å². The lowest BCUT2D eigenvalue weighted by Gasteiger charge is -2.49. The van der Waals surface area contributed by atoms with E-state index in [9.17, 15) is 9.90 Å². The van der Waals surface area contributed by atoms with Crippen molar-refractivity contribution in [3.63, 3.8) is 0 Å². The van der Waals surface area contributed by atoms with Crippen LogP contribution >= 0.6 is 0 Å². The Morgan fingerprint density at radius 3 is 2.24 bits per heavy atom. The van der Waals surface area contributed by atoms with Gasteiger partial charge < -0.3 is 19.8 Å². The molecule has 0 radical (unpaired) electrons. The van der Waals surface area contributed by atoms with Crippen molar-refractivity contribution in [2.45, 2.75) is 69.7 Å². The van der Waals surface area contributed by atoms with Crippen LogP contribution < -0.4 is 5.11 Å². The molecule has 25 heavy (non-hydrogen) atoms. The Morgan fingerprint density at radius 1 is 1.20 bits per heavy atom. The standard InChI is InChI=1S/C20H29NO3.H2O/c1-14(2)21(3)16-9-10-17(21)12-18(11-16)24-20(23)19(13-22)15-7-5-4-6-8-15;/h4-8,14,16-19H,9-13H2,1-3H3;1H2/t16-,17+,18?,19?,21?;. The molecule has 0 aliphatic carbocycles. The van der Waals surface area contributed by atoms with Gasteiger partial charge in [0.15, 0.2) is 0 Å². The van der Waals surface area contributed by atoms with Crippen LogP contribution in [-0.4, -0.2) is 53.8 Å². The molecule has 2 bridgehead atoms. The van der Waals surface area contributed by atoms with Gasteiger partial charge in [-0.1, -0.05) is 30.3 Å². The Kier molecular flexibility index (Phi) is 6.25. The van der Waals surface area contributed by atoms with Gasteiger partial charge in [-0.25, -0.2) is 0 Å². The molecule has 1 aromatic carbocycles. The highest BCUT2D eigenvalue weighted by atomic mass is 16.5. The molecule has 5 nitrogen and oxygen atoms in total. The average Bonchev–Trinajstić information content (AvgIpc) is 2.74. The maximum Gasteiger partial charge on any atom is 0.312 e. The first-order valence-electron chi connectivity index (χ1n) is 9.15. The zero-order valence-corrected chi connectivity index (χ0v) is 15.5. The normalized spacial score (nSPS) is 32.1. The molecular formula is C20H31NO4. The fraction of sp³-hybridized carbons (Fsp3) is 0.650. The number of nitrogens with zero attached hydrogens (tertiary/aromatic N) is 1. The van der Waals surface area contributed by atoms with Gasteiger partial charge in [-0.15, -0.1) is 6.61 Å². The Labute approximate surface area is 150 Å². The number of esters is 1. The molecule has 3 rings (SSSR count). The number of rotatable bonds is 5. The Balaban J connectivity index is 0.00000225. The maximum atomic E-state index is 12.5. The molecule has 0 spiro atoms. The zero-order valence-electron chi connectivity index (χ0n) is 15.5. The van der Waals surface area contributed by atoms with Crippen molar-refractivity contribution in [1.29, 1.82) is 0 Å². The van der Waals surface area contributed by atoms with Crippen molar-refractivity contribution in [3.05, 3.63) is 35.9 Å². The molecule has 2 saturated heterocycles. The number of quaternary nitrogens is 1. The van der Waals surface area contributed by atoms with E-state index in [1.165, 1.54) is 12.8 Å². The fourth-order valence-corrected chi connectivity index (χ4v) is 4.80. The van der Waals surface area contributed by atoms with Crippen molar-refractivity contribution >= 4 is 5.97 Å². The van der Waals surface area contributed by atoms with Crippen LogP contribution in [0, 0.1) is 0 Å². The van der Waals surface area contributed by atoms with E-state index in [1.54, 1.807) is 0 Å². The number of fused-ring (bicyclic) bond motifs is 2. The highest BCUT2D eigenvalue weighted by molar-refractivity contribution is 5.78. The predicted molar refractivity (Wildman–Crippen MR) is 94.9 cm³/mol. The van der Waals surface area contributed by atoms with E-state index in [0.29, 0.717) is 18.1 Å². The van der Waals surface area contributed by atoms with E-state index in [2.05, 4.69) is 20.9 Å². The van der Waals surface area contributed by atoms with Crippen molar-refractivity contribution in [1.82, 2.24) is 0 Å².